The SMILES string of the molecule is COCc1ccccc1NC(=O)CCc1ccc(OCC(F)(F)F)c(OC)c1. The summed E-state index contributed by atoms with van der Waals surface area (Å²) in [6, 6.07) is 11.9. The number of hydrogen-bond donors (Lipinski definition) is 1. The van der Waals surface area contributed by atoms with Crippen LogP contribution in [-0.2, 0) is 22.6 Å². The summed E-state index contributed by atoms with van der Waals surface area (Å²) in [5.41, 5.74) is 2.30. The van der Waals surface area contributed by atoms with Crippen molar-refractivity contribution >= 4 is 11.6 Å². The summed E-state index contributed by atoms with van der Waals surface area (Å²) in [5.74, 6) is 0.00837. The van der Waals surface area contributed by atoms with Crippen LogP contribution in [0.5, 0.6) is 11.5 Å². The van der Waals surface area contributed by atoms with E-state index in [-0.39, 0.29) is 23.8 Å². The number of amides is 1. The fraction of sp³-hybridized carbons (Fsp3) is 0.350. The molecule has 152 valence electrons. The van der Waals surface area contributed by atoms with Gasteiger partial charge in [-0.05, 0) is 30.2 Å². The molecule has 0 saturated carbocycles. The normalized spacial score (nSPS) is 11.2. The van der Waals surface area contributed by atoms with E-state index in [4.69, 9.17) is 14.2 Å². The maximum atomic E-state index is 12.3. The van der Waals surface area contributed by atoms with E-state index in [0.717, 1.165) is 11.1 Å². The van der Waals surface area contributed by atoms with Gasteiger partial charge in [0.1, 0.15) is 0 Å². The van der Waals surface area contributed by atoms with Crippen molar-refractivity contribution in [1.82, 2.24) is 0 Å². The largest absolute Gasteiger partial charge is 0.493 e. The molecule has 0 aliphatic heterocycles. The average Bonchev–Trinajstić information content (AvgIpc) is 2.66. The van der Waals surface area contributed by atoms with Crippen molar-refractivity contribution in [3.8, 4) is 11.5 Å². The second kappa shape index (κ2) is 9.98. The Bertz CT molecular complexity index is 793. The molecule has 1 amide bonds. The second-order valence-corrected chi connectivity index (χ2v) is 6.03. The van der Waals surface area contributed by atoms with E-state index in [0.29, 0.717) is 18.7 Å². The molecule has 1 N–H and O–H groups in total. The summed E-state index contributed by atoms with van der Waals surface area (Å²) in [6.07, 6.45) is -3.83. The molecule has 2 aromatic rings. The van der Waals surface area contributed by atoms with Crippen molar-refractivity contribution in [2.24, 2.45) is 0 Å². The summed E-state index contributed by atoms with van der Waals surface area (Å²) in [6.45, 7) is -1.01. The lowest BCUT2D eigenvalue weighted by atomic mass is 10.1. The Morgan fingerprint density at radius 3 is 2.50 bits per heavy atom. The van der Waals surface area contributed by atoms with Crippen LogP contribution in [0.15, 0.2) is 42.5 Å². The van der Waals surface area contributed by atoms with Gasteiger partial charge in [0, 0.05) is 24.8 Å². The molecule has 2 rings (SSSR count). The van der Waals surface area contributed by atoms with Gasteiger partial charge in [0.05, 0.1) is 13.7 Å². The third-order valence-electron chi connectivity index (χ3n) is 3.85. The quantitative estimate of drug-likeness (QED) is 0.683. The molecule has 5 nitrogen and oxygen atoms in total. The number of alkyl halides is 3. The molecular formula is C20H22F3NO4. The first kappa shape index (κ1) is 21.6. The van der Waals surface area contributed by atoms with Crippen molar-refractivity contribution in [1.29, 1.82) is 0 Å². The smallest absolute Gasteiger partial charge is 0.422 e. The van der Waals surface area contributed by atoms with Gasteiger partial charge in [-0.3, -0.25) is 4.79 Å². The van der Waals surface area contributed by atoms with Gasteiger partial charge >= 0.3 is 6.18 Å². The Kier molecular flexibility index (Phi) is 7.69. The summed E-state index contributed by atoms with van der Waals surface area (Å²) in [4.78, 5) is 12.2. The van der Waals surface area contributed by atoms with E-state index < -0.39 is 12.8 Å². The van der Waals surface area contributed by atoms with Crippen LogP contribution < -0.4 is 14.8 Å². The van der Waals surface area contributed by atoms with E-state index in [1.54, 1.807) is 25.3 Å². The zero-order valence-electron chi connectivity index (χ0n) is 15.6. The second-order valence-electron chi connectivity index (χ2n) is 6.03. The number of para-hydroxylation sites is 1. The van der Waals surface area contributed by atoms with Crippen LogP contribution in [0.1, 0.15) is 17.5 Å². The maximum absolute atomic E-state index is 12.3. The number of halogens is 3. The summed E-state index contributed by atoms with van der Waals surface area (Å²) >= 11 is 0. The van der Waals surface area contributed by atoms with Crippen molar-refractivity contribution in [3.63, 3.8) is 0 Å². The van der Waals surface area contributed by atoms with Crippen LogP contribution in [0.3, 0.4) is 0 Å². The maximum Gasteiger partial charge on any atom is 0.422 e. The molecule has 0 aliphatic rings. The topological polar surface area (TPSA) is 56.8 Å². The number of hydrogen-bond acceptors (Lipinski definition) is 4. The van der Waals surface area contributed by atoms with E-state index in [2.05, 4.69) is 5.32 Å². The minimum Gasteiger partial charge on any atom is -0.493 e. The van der Waals surface area contributed by atoms with Gasteiger partial charge in [-0.25, -0.2) is 0 Å². The lowest BCUT2D eigenvalue weighted by Crippen LogP contribution is -2.19. The molecule has 0 radical (unpaired) electrons. The van der Waals surface area contributed by atoms with Crippen molar-refractivity contribution in [2.45, 2.75) is 25.6 Å². The van der Waals surface area contributed by atoms with Gasteiger partial charge < -0.3 is 19.5 Å². The molecule has 0 fully saturated rings. The number of rotatable bonds is 9. The number of carbonyl (C=O) groups is 1. The minimum atomic E-state index is -4.43. The predicted octanol–water partition coefficient (Wildman–Crippen LogP) is 4.35. The first-order valence-corrected chi connectivity index (χ1v) is 8.55. The minimum absolute atomic E-state index is 0.00141. The monoisotopic (exact) mass is 397 g/mol. The molecule has 0 heterocycles. The predicted molar refractivity (Wildman–Crippen MR) is 98.6 cm³/mol. The van der Waals surface area contributed by atoms with Crippen LogP contribution in [0.4, 0.5) is 18.9 Å². The number of anilines is 1. The number of nitrogens with one attached hydrogen (secondary N) is 1. The average molecular weight is 397 g/mol. The zero-order chi connectivity index (χ0) is 20.6. The molecule has 0 aliphatic carbocycles. The van der Waals surface area contributed by atoms with Crippen LogP contribution in [0.2, 0.25) is 0 Å². The van der Waals surface area contributed by atoms with Crippen molar-refractivity contribution in [2.75, 3.05) is 26.1 Å². The first-order valence-electron chi connectivity index (χ1n) is 8.55. The lowest BCUT2D eigenvalue weighted by Gasteiger charge is -2.14. The molecule has 8 heteroatoms. The van der Waals surface area contributed by atoms with Crippen molar-refractivity contribution < 1.29 is 32.2 Å². The Balaban J connectivity index is 1.96. The first-order chi connectivity index (χ1) is 13.3. The van der Waals surface area contributed by atoms with Crippen LogP contribution in [0, 0.1) is 0 Å². The number of ether oxygens (including phenoxy) is 3. The number of aryl methyl sites for hydroxylation is 1. The highest BCUT2D eigenvalue weighted by atomic mass is 19.4. The summed E-state index contributed by atoms with van der Waals surface area (Å²) in [7, 11) is 2.92. The van der Waals surface area contributed by atoms with E-state index in [1.165, 1.54) is 13.2 Å². The molecular weight excluding hydrogens is 375 g/mol. The standard InChI is InChI=1S/C20H22F3NO4/c1-26-12-15-5-3-4-6-16(15)24-19(25)10-8-14-7-9-17(18(11-14)27-2)28-13-20(21,22)23/h3-7,9,11H,8,10,12-13H2,1-2H3,(H,24,25). The van der Waals surface area contributed by atoms with Crippen molar-refractivity contribution in [3.05, 3.63) is 53.6 Å². The highest BCUT2D eigenvalue weighted by Gasteiger charge is 2.29. The molecule has 0 spiro atoms. The highest BCUT2D eigenvalue weighted by molar-refractivity contribution is 5.91. The fourth-order valence-electron chi connectivity index (χ4n) is 2.54. The van der Waals surface area contributed by atoms with Crippen LogP contribution in [0.25, 0.3) is 0 Å². The van der Waals surface area contributed by atoms with Gasteiger partial charge in [-0.2, -0.15) is 13.2 Å². The zero-order valence-corrected chi connectivity index (χ0v) is 15.6. The van der Waals surface area contributed by atoms with Crippen LogP contribution in [-0.4, -0.2) is 32.9 Å². The van der Waals surface area contributed by atoms with Gasteiger partial charge in [0.2, 0.25) is 5.91 Å². The highest BCUT2D eigenvalue weighted by Crippen LogP contribution is 2.30. The Morgan fingerprint density at radius 1 is 1.07 bits per heavy atom. The van der Waals surface area contributed by atoms with Gasteiger partial charge in [-0.15, -0.1) is 0 Å². The molecule has 0 aromatic heterocycles. The summed E-state index contributed by atoms with van der Waals surface area (Å²) < 4.78 is 51.9. The number of carbonyl (C=O) groups excluding carboxylic acids is 1. The Labute approximate surface area is 161 Å². The number of benzene rings is 2. The fourth-order valence-corrected chi connectivity index (χ4v) is 2.54. The number of methoxy groups -OCH3 is 2. The van der Waals surface area contributed by atoms with E-state index in [1.807, 2.05) is 18.2 Å². The molecule has 0 saturated heterocycles. The molecule has 28 heavy (non-hydrogen) atoms. The van der Waals surface area contributed by atoms with Gasteiger partial charge in [0.25, 0.3) is 0 Å². The Morgan fingerprint density at radius 2 is 1.82 bits per heavy atom. The molecule has 0 unspecified atom stereocenters. The van der Waals surface area contributed by atoms with E-state index in [9.17, 15) is 18.0 Å². The van der Waals surface area contributed by atoms with Crippen LogP contribution >= 0.6 is 0 Å². The van der Waals surface area contributed by atoms with Gasteiger partial charge in [0.15, 0.2) is 18.1 Å². The Hall–Kier alpha value is -2.74. The lowest BCUT2D eigenvalue weighted by molar-refractivity contribution is -0.153. The molecule has 0 bridgehead atoms. The molecule has 0 atom stereocenters. The molecule has 2 aromatic carbocycles. The summed E-state index contributed by atoms with van der Waals surface area (Å²) in [5, 5.41) is 2.84. The van der Waals surface area contributed by atoms with E-state index >= 15 is 0 Å². The van der Waals surface area contributed by atoms with Gasteiger partial charge in [-0.1, -0.05) is 24.3 Å². The third-order valence-corrected chi connectivity index (χ3v) is 3.85. The third kappa shape index (κ3) is 6.77.